The highest BCUT2D eigenvalue weighted by Crippen LogP contribution is 2.53. The number of furan rings is 2. The van der Waals surface area contributed by atoms with Crippen LogP contribution in [0.3, 0.4) is 0 Å². The Morgan fingerprint density at radius 2 is 1.04 bits per heavy atom. The van der Waals surface area contributed by atoms with Crippen LogP contribution in [0.5, 0.6) is 0 Å². The molecular formula is C67H62N2O2. The number of hydrogen-bond acceptors (Lipinski definition) is 4. The largest absolute Gasteiger partial charge is 0.454 e. The Morgan fingerprint density at radius 1 is 0.479 bits per heavy atom. The van der Waals surface area contributed by atoms with E-state index in [1.807, 2.05) is 0 Å². The first-order valence-electron chi connectivity index (χ1n) is 26.1. The molecule has 11 aromatic rings. The van der Waals surface area contributed by atoms with E-state index in [1.165, 1.54) is 81.1 Å². The van der Waals surface area contributed by atoms with Crippen molar-refractivity contribution in [3.8, 4) is 0 Å². The Bertz CT molecular complexity index is 3880. The Morgan fingerprint density at radius 3 is 1.63 bits per heavy atom. The van der Waals surface area contributed by atoms with Gasteiger partial charge in [-0.05, 0) is 94.0 Å². The standard InChI is InChI=1S/C67H62N2O2/c1-66(2,3)54-30-16-26-48-50-28-18-32-56(64(50)70-62(48)54)68(41-42-20-10-7-11-21-42)58-40-59(53-37-35-45-39-46(43-22-12-8-13-23-43)38-44-34-36-52(58)61(53)60(44)45)69(47-24-14-9-15-25-47)57-33-19-29-51-49-27-17-31-55(67(4,5)6)63(49)71-65(51)57/h7,9-11,14-20,24-40,42-43H,8,12-13,21-23,41H2,1-6H3. The highest BCUT2D eigenvalue weighted by atomic mass is 16.3. The molecule has 2 aliphatic carbocycles. The number of allylic oxidation sites excluding steroid dienone is 3. The van der Waals surface area contributed by atoms with Gasteiger partial charge in [0.1, 0.15) is 11.2 Å². The normalized spacial score (nSPS) is 16.0. The van der Waals surface area contributed by atoms with Crippen molar-refractivity contribution < 1.29 is 8.83 Å². The van der Waals surface area contributed by atoms with Crippen molar-refractivity contribution in [1.82, 2.24) is 0 Å². The van der Waals surface area contributed by atoms with Gasteiger partial charge in [-0.15, -0.1) is 0 Å². The maximum absolute atomic E-state index is 7.26. The van der Waals surface area contributed by atoms with Gasteiger partial charge >= 0.3 is 0 Å². The molecule has 2 aliphatic rings. The fourth-order valence-corrected chi connectivity index (χ4v) is 12.5. The number of hydrogen-bond donors (Lipinski definition) is 0. The molecule has 1 atom stereocenters. The third-order valence-corrected chi connectivity index (χ3v) is 16.0. The molecule has 0 bridgehead atoms. The fourth-order valence-electron chi connectivity index (χ4n) is 12.5. The summed E-state index contributed by atoms with van der Waals surface area (Å²) in [5, 5.41) is 12.2. The molecule has 0 radical (unpaired) electrons. The van der Waals surface area contributed by atoms with E-state index in [0.29, 0.717) is 5.92 Å². The first kappa shape index (κ1) is 43.7. The Hall–Kier alpha value is -7.30. The smallest absolute Gasteiger partial charge is 0.159 e. The van der Waals surface area contributed by atoms with Crippen molar-refractivity contribution in [1.29, 1.82) is 0 Å². The molecule has 13 rings (SSSR count). The molecule has 0 N–H and O–H groups in total. The van der Waals surface area contributed by atoms with Gasteiger partial charge in [0.25, 0.3) is 0 Å². The van der Waals surface area contributed by atoms with Gasteiger partial charge in [-0.25, -0.2) is 0 Å². The third-order valence-electron chi connectivity index (χ3n) is 16.0. The van der Waals surface area contributed by atoms with Crippen molar-refractivity contribution in [3.63, 3.8) is 0 Å². The van der Waals surface area contributed by atoms with Gasteiger partial charge in [-0.1, -0.05) is 200 Å². The van der Waals surface area contributed by atoms with E-state index in [4.69, 9.17) is 8.83 Å². The highest BCUT2D eigenvalue weighted by molar-refractivity contribution is 6.29. The molecule has 0 aliphatic heterocycles. The minimum atomic E-state index is -0.103. The third kappa shape index (κ3) is 7.23. The molecule has 1 saturated carbocycles. The molecule has 71 heavy (non-hydrogen) atoms. The maximum Gasteiger partial charge on any atom is 0.159 e. The average molecular weight is 927 g/mol. The summed E-state index contributed by atoms with van der Waals surface area (Å²) in [6.07, 6.45) is 16.6. The number of fused-ring (bicyclic) bond motifs is 6. The maximum atomic E-state index is 7.26. The van der Waals surface area contributed by atoms with E-state index in [1.54, 1.807) is 0 Å². The van der Waals surface area contributed by atoms with E-state index in [-0.39, 0.29) is 16.7 Å². The zero-order chi connectivity index (χ0) is 48.2. The van der Waals surface area contributed by atoms with Gasteiger partial charge in [0.15, 0.2) is 11.2 Å². The van der Waals surface area contributed by atoms with Crippen molar-refractivity contribution >= 4 is 105 Å². The molecule has 2 aromatic heterocycles. The first-order chi connectivity index (χ1) is 34.5. The van der Waals surface area contributed by atoms with Gasteiger partial charge in [0, 0.05) is 61.1 Å². The molecule has 2 heterocycles. The van der Waals surface area contributed by atoms with E-state index >= 15 is 0 Å². The van der Waals surface area contributed by atoms with Crippen molar-refractivity contribution in [2.24, 2.45) is 5.92 Å². The van der Waals surface area contributed by atoms with E-state index in [9.17, 15) is 0 Å². The Balaban J connectivity index is 1.14. The summed E-state index contributed by atoms with van der Waals surface area (Å²) >= 11 is 0. The molecule has 4 nitrogen and oxygen atoms in total. The monoisotopic (exact) mass is 926 g/mol. The predicted octanol–water partition coefficient (Wildman–Crippen LogP) is 19.8. The van der Waals surface area contributed by atoms with E-state index < -0.39 is 0 Å². The molecule has 0 spiro atoms. The summed E-state index contributed by atoms with van der Waals surface area (Å²) in [5.74, 6) is 0.876. The molecular weight excluding hydrogens is 865 g/mol. The molecule has 352 valence electrons. The SMILES string of the molecule is CC(C)(C)c1cccc2c1oc1c(N(CC3C=CC=CC3)c3cc(N(c4ccccc4)c4cccc5c4oc4c(C(C)(C)C)cccc45)c4ccc5cc(C6CCCCC6)cc6ccc3c4c65)cccc12. The first-order valence-corrected chi connectivity index (χ1v) is 26.1. The van der Waals surface area contributed by atoms with Gasteiger partial charge in [-0.2, -0.15) is 0 Å². The van der Waals surface area contributed by atoms with Crippen molar-refractivity contribution in [2.45, 2.75) is 96.8 Å². The number of nitrogens with zero attached hydrogens (tertiary/aromatic N) is 2. The summed E-state index contributed by atoms with van der Waals surface area (Å²) in [7, 11) is 0. The van der Waals surface area contributed by atoms with Crippen LogP contribution in [0.4, 0.5) is 28.4 Å². The molecule has 1 unspecified atom stereocenters. The molecule has 9 aromatic carbocycles. The zero-order valence-electron chi connectivity index (χ0n) is 42.0. The summed E-state index contributed by atoms with van der Waals surface area (Å²) in [6, 6.07) is 54.9. The number of para-hydroxylation sites is 5. The summed E-state index contributed by atoms with van der Waals surface area (Å²) in [6.45, 7) is 14.4. The van der Waals surface area contributed by atoms with Crippen LogP contribution in [0.15, 0.2) is 179 Å². The summed E-state index contributed by atoms with van der Waals surface area (Å²) in [5.41, 5.74) is 12.8. The lowest BCUT2D eigenvalue weighted by molar-refractivity contribution is 0.444. The van der Waals surface area contributed by atoms with Gasteiger partial charge in [0.05, 0.1) is 22.7 Å². The minimum Gasteiger partial charge on any atom is -0.454 e. The van der Waals surface area contributed by atoms with Crippen LogP contribution < -0.4 is 9.80 Å². The van der Waals surface area contributed by atoms with Crippen LogP contribution in [0, 0.1) is 5.92 Å². The zero-order valence-corrected chi connectivity index (χ0v) is 42.0. The topological polar surface area (TPSA) is 32.8 Å². The Kier molecular flexibility index (Phi) is 10.3. The molecule has 4 heteroatoms. The van der Waals surface area contributed by atoms with Crippen LogP contribution >= 0.6 is 0 Å². The average Bonchev–Trinajstić information content (AvgIpc) is 3.97. The Labute approximate surface area is 417 Å². The number of benzene rings is 9. The lowest BCUT2D eigenvalue weighted by Gasteiger charge is -2.33. The second-order valence-corrected chi connectivity index (χ2v) is 22.7. The lowest BCUT2D eigenvalue weighted by atomic mass is 9.82. The second-order valence-electron chi connectivity index (χ2n) is 22.7. The van der Waals surface area contributed by atoms with Crippen molar-refractivity contribution in [2.75, 3.05) is 16.3 Å². The predicted molar refractivity (Wildman–Crippen MR) is 302 cm³/mol. The quantitative estimate of drug-likeness (QED) is 0.142. The van der Waals surface area contributed by atoms with Crippen LogP contribution in [-0.4, -0.2) is 6.54 Å². The summed E-state index contributed by atoms with van der Waals surface area (Å²) < 4.78 is 14.5. The highest BCUT2D eigenvalue weighted by Gasteiger charge is 2.30. The van der Waals surface area contributed by atoms with Gasteiger partial charge in [0.2, 0.25) is 0 Å². The summed E-state index contributed by atoms with van der Waals surface area (Å²) in [4.78, 5) is 5.07. The molecule has 0 amide bonds. The van der Waals surface area contributed by atoms with Crippen LogP contribution in [0.2, 0.25) is 0 Å². The lowest BCUT2D eigenvalue weighted by Crippen LogP contribution is -2.25. The fraction of sp³-hybridized carbons (Fsp3) is 0.254. The van der Waals surface area contributed by atoms with E-state index in [2.05, 4.69) is 221 Å². The van der Waals surface area contributed by atoms with Crippen molar-refractivity contribution in [3.05, 3.63) is 187 Å². The number of anilines is 5. The van der Waals surface area contributed by atoms with Gasteiger partial charge in [-0.3, -0.25) is 0 Å². The van der Waals surface area contributed by atoms with Gasteiger partial charge < -0.3 is 18.6 Å². The van der Waals surface area contributed by atoms with E-state index in [0.717, 1.165) is 85.3 Å². The molecule has 0 saturated heterocycles. The second kappa shape index (κ2) is 16.7. The number of rotatable bonds is 8. The minimum absolute atomic E-state index is 0.0950. The van der Waals surface area contributed by atoms with Crippen LogP contribution in [0.25, 0.3) is 76.2 Å². The van der Waals surface area contributed by atoms with Crippen LogP contribution in [-0.2, 0) is 10.8 Å². The van der Waals surface area contributed by atoms with Crippen LogP contribution in [0.1, 0.15) is 103 Å². The molecule has 1 fully saturated rings.